The molecule has 164 valence electrons. The molecule has 0 N–H and O–H groups in total. The van der Waals surface area contributed by atoms with Crippen LogP contribution in [0, 0.1) is 5.41 Å². The first-order valence-corrected chi connectivity index (χ1v) is 11.0. The largest absolute Gasteiger partial charge is 0.493 e. The first-order chi connectivity index (χ1) is 15.2. The van der Waals surface area contributed by atoms with Crippen LogP contribution in [0.1, 0.15) is 29.6 Å². The zero-order chi connectivity index (χ0) is 21.5. The van der Waals surface area contributed by atoms with Gasteiger partial charge in [0.05, 0.1) is 19.8 Å². The Balaban J connectivity index is 1.44. The van der Waals surface area contributed by atoms with Crippen LogP contribution in [-0.4, -0.2) is 67.6 Å². The van der Waals surface area contributed by atoms with E-state index >= 15 is 0 Å². The highest BCUT2D eigenvalue weighted by Gasteiger charge is 2.40. The minimum atomic E-state index is -0.279. The van der Waals surface area contributed by atoms with Crippen molar-refractivity contribution in [3.8, 4) is 5.75 Å². The molecule has 0 unspecified atom stereocenters. The zero-order valence-electron chi connectivity index (χ0n) is 17.9. The lowest BCUT2D eigenvalue weighted by Crippen LogP contribution is -2.49. The van der Waals surface area contributed by atoms with Crippen molar-refractivity contribution < 1.29 is 19.1 Å². The molecule has 6 heteroatoms. The second kappa shape index (κ2) is 9.96. The van der Waals surface area contributed by atoms with Crippen molar-refractivity contribution in [1.29, 1.82) is 0 Å². The molecular weight excluding hydrogens is 392 g/mol. The average molecular weight is 423 g/mol. The summed E-state index contributed by atoms with van der Waals surface area (Å²) in [5.41, 5.74) is 0.429. The normalized spacial score (nSPS) is 18.5. The molecule has 2 amide bonds. The van der Waals surface area contributed by atoms with E-state index in [9.17, 15) is 9.59 Å². The minimum Gasteiger partial charge on any atom is -0.493 e. The molecule has 2 aromatic carbocycles. The maximum absolute atomic E-state index is 13.1. The van der Waals surface area contributed by atoms with Crippen LogP contribution in [0.2, 0.25) is 0 Å². The lowest BCUT2D eigenvalue weighted by molar-refractivity contribution is -0.139. The van der Waals surface area contributed by atoms with E-state index in [4.69, 9.17) is 9.47 Å². The van der Waals surface area contributed by atoms with Crippen LogP contribution in [0.25, 0.3) is 0 Å². The van der Waals surface area contributed by atoms with Crippen molar-refractivity contribution >= 4 is 11.8 Å². The molecule has 0 aliphatic carbocycles. The zero-order valence-corrected chi connectivity index (χ0v) is 17.9. The number of para-hydroxylation sites is 1. The van der Waals surface area contributed by atoms with E-state index in [2.05, 4.69) is 0 Å². The third kappa shape index (κ3) is 5.44. The van der Waals surface area contributed by atoms with Crippen LogP contribution in [0.4, 0.5) is 0 Å². The lowest BCUT2D eigenvalue weighted by atomic mass is 9.75. The van der Waals surface area contributed by atoms with Gasteiger partial charge in [0.25, 0.3) is 5.91 Å². The van der Waals surface area contributed by atoms with Crippen LogP contribution in [0.15, 0.2) is 60.7 Å². The quantitative estimate of drug-likeness (QED) is 0.717. The topological polar surface area (TPSA) is 59.1 Å². The predicted molar refractivity (Wildman–Crippen MR) is 118 cm³/mol. The highest BCUT2D eigenvalue weighted by Crippen LogP contribution is 2.37. The molecule has 2 fully saturated rings. The van der Waals surface area contributed by atoms with Gasteiger partial charge in [-0.3, -0.25) is 9.59 Å². The van der Waals surface area contributed by atoms with Gasteiger partial charge in [0.15, 0.2) is 0 Å². The highest BCUT2D eigenvalue weighted by atomic mass is 16.5. The van der Waals surface area contributed by atoms with Crippen molar-refractivity contribution in [2.75, 3.05) is 46.0 Å². The van der Waals surface area contributed by atoms with Crippen molar-refractivity contribution in [2.45, 2.75) is 19.3 Å². The Morgan fingerprint density at radius 3 is 2.10 bits per heavy atom. The predicted octanol–water partition coefficient (Wildman–Crippen LogP) is 3.24. The second-order valence-electron chi connectivity index (χ2n) is 8.43. The Labute approximate surface area is 183 Å². The summed E-state index contributed by atoms with van der Waals surface area (Å²) in [7, 11) is 0. The number of morpholine rings is 1. The number of nitrogens with zero attached hydrogens (tertiary/aromatic N) is 2. The highest BCUT2D eigenvalue weighted by molar-refractivity contribution is 5.94. The van der Waals surface area contributed by atoms with Crippen molar-refractivity contribution in [3.05, 3.63) is 66.2 Å². The summed E-state index contributed by atoms with van der Waals surface area (Å²) in [6, 6.07) is 19.1. The van der Waals surface area contributed by atoms with Crippen molar-refractivity contribution in [3.63, 3.8) is 0 Å². The van der Waals surface area contributed by atoms with E-state index in [-0.39, 0.29) is 17.2 Å². The lowest BCUT2D eigenvalue weighted by Gasteiger charge is -2.42. The molecule has 2 aromatic rings. The number of carbonyl (C=O) groups excluding carboxylic acids is 2. The number of hydrogen-bond acceptors (Lipinski definition) is 4. The number of likely N-dealkylation sites (tertiary alicyclic amines) is 1. The first kappa shape index (κ1) is 21.4. The van der Waals surface area contributed by atoms with Gasteiger partial charge in [-0.1, -0.05) is 36.4 Å². The Kier molecular flexibility index (Phi) is 6.87. The Morgan fingerprint density at radius 1 is 0.839 bits per heavy atom. The third-order valence-electron chi connectivity index (χ3n) is 6.31. The van der Waals surface area contributed by atoms with E-state index in [1.165, 1.54) is 0 Å². The average Bonchev–Trinajstić information content (AvgIpc) is 2.85. The summed E-state index contributed by atoms with van der Waals surface area (Å²) in [4.78, 5) is 29.7. The van der Waals surface area contributed by atoms with Crippen LogP contribution >= 0.6 is 0 Å². The third-order valence-corrected chi connectivity index (χ3v) is 6.31. The van der Waals surface area contributed by atoms with Gasteiger partial charge in [-0.2, -0.15) is 0 Å². The Bertz CT molecular complexity index is 858. The van der Waals surface area contributed by atoms with Crippen LogP contribution < -0.4 is 4.74 Å². The molecule has 6 nitrogen and oxygen atoms in total. The maximum atomic E-state index is 13.1. The van der Waals surface area contributed by atoms with Gasteiger partial charge in [0, 0.05) is 43.6 Å². The van der Waals surface area contributed by atoms with Gasteiger partial charge < -0.3 is 19.3 Å². The number of rotatable bonds is 6. The SMILES string of the molecule is O=C(CC1(COc2ccccc2)CCN(C(=O)c2ccccc2)CC1)N1CCOCC1. The summed E-state index contributed by atoms with van der Waals surface area (Å²) in [5.74, 6) is 1.02. The van der Waals surface area contributed by atoms with Crippen molar-refractivity contribution in [2.24, 2.45) is 5.41 Å². The molecule has 0 aromatic heterocycles. The number of hydrogen-bond donors (Lipinski definition) is 0. The summed E-state index contributed by atoms with van der Waals surface area (Å²) >= 11 is 0. The van der Waals surface area contributed by atoms with Crippen LogP contribution in [-0.2, 0) is 9.53 Å². The summed E-state index contributed by atoms with van der Waals surface area (Å²) in [5, 5.41) is 0. The van der Waals surface area contributed by atoms with E-state index in [0.29, 0.717) is 58.0 Å². The molecule has 0 radical (unpaired) electrons. The van der Waals surface area contributed by atoms with Gasteiger partial charge in [-0.25, -0.2) is 0 Å². The molecule has 4 rings (SSSR count). The van der Waals surface area contributed by atoms with E-state index in [1.54, 1.807) is 0 Å². The fourth-order valence-electron chi connectivity index (χ4n) is 4.32. The standard InChI is InChI=1S/C25H30N2O4/c28-23(26-15-17-30-18-16-26)19-25(20-31-22-9-5-2-6-10-22)11-13-27(14-12-25)24(29)21-7-3-1-4-8-21/h1-10H,11-20H2. The summed E-state index contributed by atoms with van der Waals surface area (Å²) < 4.78 is 11.5. The number of ether oxygens (including phenoxy) is 2. The molecule has 2 heterocycles. The molecule has 2 saturated heterocycles. The van der Waals surface area contributed by atoms with Gasteiger partial charge in [0.2, 0.25) is 5.91 Å². The molecule has 2 aliphatic rings. The molecule has 0 bridgehead atoms. The minimum absolute atomic E-state index is 0.0534. The number of piperidine rings is 1. The number of amides is 2. The summed E-state index contributed by atoms with van der Waals surface area (Å²) in [6.45, 7) is 4.21. The van der Waals surface area contributed by atoms with Gasteiger partial charge >= 0.3 is 0 Å². The van der Waals surface area contributed by atoms with Crippen LogP contribution in [0.5, 0.6) is 5.75 Å². The van der Waals surface area contributed by atoms with E-state index < -0.39 is 0 Å². The van der Waals surface area contributed by atoms with Crippen LogP contribution in [0.3, 0.4) is 0 Å². The summed E-state index contributed by atoms with van der Waals surface area (Å²) in [6.07, 6.45) is 1.93. The number of benzene rings is 2. The Hall–Kier alpha value is -2.86. The fraction of sp³-hybridized carbons (Fsp3) is 0.440. The molecule has 0 saturated carbocycles. The van der Waals surface area contributed by atoms with E-state index in [0.717, 1.165) is 18.6 Å². The van der Waals surface area contributed by atoms with Crippen molar-refractivity contribution in [1.82, 2.24) is 9.80 Å². The molecule has 0 atom stereocenters. The first-order valence-electron chi connectivity index (χ1n) is 11.0. The molecule has 31 heavy (non-hydrogen) atoms. The van der Waals surface area contributed by atoms with Gasteiger partial charge in [-0.05, 0) is 37.1 Å². The monoisotopic (exact) mass is 422 g/mol. The molecular formula is C25H30N2O4. The number of carbonyl (C=O) groups is 2. The molecule has 2 aliphatic heterocycles. The smallest absolute Gasteiger partial charge is 0.253 e. The van der Waals surface area contributed by atoms with E-state index in [1.807, 2.05) is 70.5 Å². The fourth-order valence-corrected chi connectivity index (χ4v) is 4.32. The maximum Gasteiger partial charge on any atom is 0.253 e. The van der Waals surface area contributed by atoms with Gasteiger partial charge in [0.1, 0.15) is 5.75 Å². The van der Waals surface area contributed by atoms with Gasteiger partial charge in [-0.15, -0.1) is 0 Å². The molecule has 0 spiro atoms. The second-order valence-corrected chi connectivity index (χ2v) is 8.43. The Morgan fingerprint density at radius 2 is 1.45 bits per heavy atom.